The summed E-state index contributed by atoms with van der Waals surface area (Å²) in [6.45, 7) is 12.5. The van der Waals surface area contributed by atoms with E-state index in [0.717, 1.165) is 32.4 Å². The van der Waals surface area contributed by atoms with E-state index in [1.807, 2.05) is 20.8 Å². The number of carbonyl (C=O) groups excluding carboxylic acids is 1. The molecule has 0 aliphatic carbocycles. The van der Waals surface area contributed by atoms with Gasteiger partial charge in [-0.25, -0.2) is 4.79 Å². The molecule has 1 rings (SSSR count). The number of nitrogens with one attached hydrogen (secondary N) is 1. The van der Waals surface area contributed by atoms with Crippen molar-refractivity contribution in [3.8, 4) is 0 Å². The second kappa shape index (κ2) is 9.48. The first-order valence-corrected chi connectivity index (χ1v) is 9.00. The highest BCUT2D eigenvalue weighted by Crippen LogP contribution is 2.18. The Morgan fingerprint density at radius 3 is 2.74 bits per heavy atom. The maximum absolute atomic E-state index is 12.0. The molecule has 0 radical (unpaired) electrons. The summed E-state index contributed by atoms with van der Waals surface area (Å²) in [6, 6.07) is 0.537. The fourth-order valence-electron chi connectivity index (χ4n) is 2.90. The number of rotatable bonds is 7. The molecule has 1 heterocycles. The van der Waals surface area contributed by atoms with Crippen LogP contribution in [0.15, 0.2) is 0 Å². The van der Waals surface area contributed by atoms with Crippen molar-refractivity contribution in [3.05, 3.63) is 0 Å². The molecule has 5 heteroatoms. The summed E-state index contributed by atoms with van der Waals surface area (Å²) < 4.78 is 11.2. The van der Waals surface area contributed by atoms with Gasteiger partial charge in [0, 0.05) is 26.2 Å². The van der Waals surface area contributed by atoms with E-state index in [1.165, 1.54) is 6.42 Å². The Hall–Kier alpha value is -0.810. The summed E-state index contributed by atoms with van der Waals surface area (Å²) in [5.74, 6) is 0.389. The summed E-state index contributed by atoms with van der Waals surface area (Å²) in [5, 5.41) is 3.64. The molecular weight excluding hydrogens is 292 g/mol. The molecule has 1 aliphatic heterocycles. The standard InChI is InChI=1S/C18H36N2O3/c1-7-8-16-11-15(9-10-22-16)19-12-14(2)13-20(6)17(21)23-18(3,4)5/h14-16,19H,7-13H2,1-6H3. The molecule has 0 aromatic rings. The average Bonchev–Trinajstić information content (AvgIpc) is 2.44. The maximum Gasteiger partial charge on any atom is 0.410 e. The van der Waals surface area contributed by atoms with Crippen LogP contribution in [0, 0.1) is 5.92 Å². The summed E-state index contributed by atoms with van der Waals surface area (Å²) >= 11 is 0. The van der Waals surface area contributed by atoms with Gasteiger partial charge in [0.1, 0.15) is 5.60 Å². The third-order valence-electron chi connectivity index (χ3n) is 4.02. The Bertz CT molecular complexity index is 353. The van der Waals surface area contributed by atoms with E-state index in [9.17, 15) is 4.79 Å². The zero-order valence-electron chi connectivity index (χ0n) is 15.9. The van der Waals surface area contributed by atoms with Crippen molar-refractivity contribution in [1.82, 2.24) is 10.2 Å². The van der Waals surface area contributed by atoms with Crippen molar-refractivity contribution in [1.29, 1.82) is 0 Å². The number of amides is 1. The van der Waals surface area contributed by atoms with Crippen LogP contribution in [0.1, 0.15) is 60.3 Å². The van der Waals surface area contributed by atoms with Crippen molar-refractivity contribution in [3.63, 3.8) is 0 Å². The van der Waals surface area contributed by atoms with Crippen LogP contribution in [0.25, 0.3) is 0 Å². The van der Waals surface area contributed by atoms with Crippen LogP contribution in [0.5, 0.6) is 0 Å². The van der Waals surface area contributed by atoms with Gasteiger partial charge in [0.05, 0.1) is 6.10 Å². The molecule has 1 N–H and O–H groups in total. The largest absolute Gasteiger partial charge is 0.444 e. The lowest BCUT2D eigenvalue weighted by Gasteiger charge is -2.31. The monoisotopic (exact) mass is 328 g/mol. The molecular formula is C18H36N2O3. The van der Waals surface area contributed by atoms with Crippen molar-refractivity contribution in [2.45, 2.75) is 78.0 Å². The topological polar surface area (TPSA) is 50.8 Å². The second-order valence-electron chi connectivity index (χ2n) is 7.88. The van der Waals surface area contributed by atoms with E-state index in [4.69, 9.17) is 9.47 Å². The smallest absolute Gasteiger partial charge is 0.410 e. The molecule has 1 fully saturated rings. The molecule has 136 valence electrons. The predicted molar refractivity (Wildman–Crippen MR) is 93.7 cm³/mol. The fourth-order valence-corrected chi connectivity index (χ4v) is 2.90. The minimum Gasteiger partial charge on any atom is -0.444 e. The minimum atomic E-state index is -0.441. The molecule has 1 amide bonds. The molecule has 0 spiro atoms. The van der Waals surface area contributed by atoms with E-state index in [1.54, 1.807) is 11.9 Å². The number of hydrogen-bond donors (Lipinski definition) is 1. The minimum absolute atomic E-state index is 0.251. The molecule has 3 atom stereocenters. The Morgan fingerprint density at radius 2 is 2.13 bits per heavy atom. The number of carbonyl (C=O) groups is 1. The SMILES string of the molecule is CCCC1CC(NCC(C)CN(C)C(=O)OC(C)(C)C)CCO1. The van der Waals surface area contributed by atoms with Crippen LogP contribution in [0.4, 0.5) is 4.79 Å². The van der Waals surface area contributed by atoms with Gasteiger partial charge in [0.15, 0.2) is 0 Å². The lowest BCUT2D eigenvalue weighted by atomic mass is 9.99. The zero-order chi connectivity index (χ0) is 17.5. The van der Waals surface area contributed by atoms with E-state index in [2.05, 4.69) is 19.2 Å². The predicted octanol–water partition coefficient (Wildman–Crippen LogP) is 3.43. The molecule has 5 nitrogen and oxygen atoms in total. The van der Waals surface area contributed by atoms with E-state index < -0.39 is 5.60 Å². The van der Waals surface area contributed by atoms with Crippen LogP contribution < -0.4 is 5.32 Å². The van der Waals surface area contributed by atoms with Crippen molar-refractivity contribution >= 4 is 6.09 Å². The highest BCUT2D eigenvalue weighted by Gasteiger charge is 2.23. The maximum atomic E-state index is 12.0. The first-order chi connectivity index (χ1) is 10.7. The van der Waals surface area contributed by atoms with Gasteiger partial charge in [-0.3, -0.25) is 0 Å². The lowest BCUT2D eigenvalue weighted by molar-refractivity contribution is -0.00387. The van der Waals surface area contributed by atoms with E-state index in [0.29, 0.717) is 24.6 Å². The van der Waals surface area contributed by atoms with Gasteiger partial charge in [-0.05, 0) is 52.5 Å². The Kier molecular flexibility index (Phi) is 8.34. The quantitative estimate of drug-likeness (QED) is 0.778. The van der Waals surface area contributed by atoms with E-state index in [-0.39, 0.29) is 6.09 Å². The summed E-state index contributed by atoms with van der Waals surface area (Å²) in [7, 11) is 1.80. The lowest BCUT2D eigenvalue weighted by Crippen LogP contribution is -2.43. The Balaban J connectivity index is 2.28. The van der Waals surface area contributed by atoms with Gasteiger partial charge in [-0.2, -0.15) is 0 Å². The molecule has 1 saturated heterocycles. The average molecular weight is 328 g/mol. The number of nitrogens with zero attached hydrogens (tertiary/aromatic N) is 1. The molecule has 1 aliphatic rings. The second-order valence-corrected chi connectivity index (χ2v) is 7.88. The van der Waals surface area contributed by atoms with Crippen LogP contribution >= 0.6 is 0 Å². The van der Waals surface area contributed by atoms with Gasteiger partial charge in [0.25, 0.3) is 0 Å². The normalized spacial score (nSPS) is 23.4. The highest BCUT2D eigenvalue weighted by molar-refractivity contribution is 5.67. The van der Waals surface area contributed by atoms with Crippen LogP contribution in [0.3, 0.4) is 0 Å². The van der Waals surface area contributed by atoms with Gasteiger partial charge in [0.2, 0.25) is 0 Å². The van der Waals surface area contributed by atoms with E-state index >= 15 is 0 Å². The Morgan fingerprint density at radius 1 is 1.43 bits per heavy atom. The zero-order valence-corrected chi connectivity index (χ0v) is 15.9. The summed E-state index contributed by atoms with van der Waals surface area (Å²) in [6.07, 6.45) is 4.66. The Labute approximate surface area is 142 Å². The molecule has 0 aromatic heterocycles. The van der Waals surface area contributed by atoms with Crippen LogP contribution in [-0.2, 0) is 9.47 Å². The molecule has 0 aromatic carbocycles. The summed E-state index contributed by atoms with van der Waals surface area (Å²) in [4.78, 5) is 13.6. The molecule has 23 heavy (non-hydrogen) atoms. The highest BCUT2D eigenvalue weighted by atomic mass is 16.6. The third kappa shape index (κ3) is 8.56. The number of ether oxygens (including phenoxy) is 2. The first kappa shape index (κ1) is 20.2. The van der Waals surface area contributed by atoms with Crippen molar-refractivity contribution in [2.75, 3.05) is 26.7 Å². The third-order valence-corrected chi connectivity index (χ3v) is 4.02. The van der Waals surface area contributed by atoms with Crippen molar-refractivity contribution < 1.29 is 14.3 Å². The van der Waals surface area contributed by atoms with Crippen LogP contribution in [-0.4, -0.2) is 55.5 Å². The van der Waals surface area contributed by atoms with Gasteiger partial charge < -0.3 is 19.7 Å². The van der Waals surface area contributed by atoms with Gasteiger partial charge in [-0.1, -0.05) is 20.3 Å². The molecule has 0 saturated carbocycles. The van der Waals surface area contributed by atoms with Gasteiger partial charge in [-0.15, -0.1) is 0 Å². The van der Waals surface area contributed by atoms with Crippen LogP contribution in [0.2, 0.25) is 0 Å². The van der Waals surface area contributed by atoms with Crippen molar-refractivity contribution in [2.24, 2.45) is 5.92 Å². The fraction of sp³-hybridized carbons (Fsp3) is 0.944. The molecule has 0 bridgehead atoms. The van der Waals surface area contributed by atoms with Gasteiger partial charge >= 0.3 is 6.09 Å². The first-order valence-electron chi connectivity index (χ1n) is 9.00. The number of hydrogen-bond acceptors (Lipinski definition) is 4. The summed E-state index contributed by atoms with van der Waals surface area (Å²) in [5.41, 5.74) is -0.441. The molecule has 3 unspecified atom stereocenters.